The van der Waals surface area contributed by atoms with Crippen LogP contribution in [0.3, 0.4) is 0 Å². The summed E-state index contributed by atoms with van der Waals surface area (Å²) in [7, 11) is 0. The summed E-state index contributed by atoms with van der Waals surface area (Å²) in [6, 6.07) is 3.71. The minimum Gasteiger partial charge on any atom is -0.484 e. The fourth-order valence-electron chi connectivity index (χ4n) is 2.56. The lowest BCUT2D eigenvalue weighted by molar-refractivity contribution is 0.0666. The molecule has 0 saturated carbocycles. The van der Waals surface area contributed by atoms with E-state index in [1.165, 1.54) is 0 Å². The quantitative estimate of drug-likeness (QED) is 0.772. The zero-order valence-corrected chi connectivity index (χ0v) is 10.4. The van der Waals surface area contributed by atoms with Gasteiger partial charge in [-0.05, 0) is 37.1 Å². The minimum atomic E-state index is -0.0372. The molecule has 1 unspecified atom stereocenters. The number of rotatable bonds is 0. The van der Waals surface area contributed by atoms with Crippen LogP contribution in [0.4, 0.5) is 0 Å². The van der Waals surface area contributed by atoms with E-state index < -0.39 is 0 Å². The molecule has 0 amide bonds. The normalized spacial score (nSPS) is 27.9. The third kappa shape index (κ3) is 1.69. The van der Waals surface area contributed by atoms with Crippen LogP contribution in [0, 0.1) is 0 Å². The molecule has 3 rings (SSSR count). The molecule has 4 heteroatoms. The monoisotopic (exact) mass is 257 g/mol. The van der Waals surface area contributed by atoms with Crippen LogP contribution < -0.4 is 10.1 Å². The molecule has 16 heavy (non-hydrogen) atoms. The van der Waals surface area contributed by atoms with Gasteiger partial charge in [0.05, 0.1) is 5.02 Å². The third-order valence-electron chi connectivity index (χ3n) is 3.46. The van der Waals surface area contributed by atoms with Gasteiger partial charge in [0.1, 0.15) is 11.4 Å². The molecular formula is C12H13Cl2NO. The zero-order valence-electron chi connectivity index (χ0n) is 8.85. The number of hydrogen-bond donors (Lipinski definition) is 1. The van der Waals surface area contributed by atoms with Gasteiger partial charge in [-0.25, -0.2) is 0 Å². The second-order valence-corrected chi connectivity index (χ2v) is 5.43. The highest BCUT2D eigenvalue weighted by Crippen LogP contribution is 2.42. The topological polar surface area (TPSA) is 21.3 Å². The molecule has 0 aliphatic carbocycles. The van der Waals surface area contributed by atoms with Crippen molar-refractivity contribution < 1.29 is 4.74 Å². The maximum absolute atomic E-state index is 6.18. The Hall–Kier alpha value is -0.440. The van der Waals surface area contributed by atoms with Crippen molar-refractivity contribution in [1.82, 2.24) is 5.32 Å². The van der Waals surface area contributed by atoms with Gasteiger partial charge >= 0.3 is 0 Å². The van der Waals surface area contributed by atoms with Crippen molar-refractivity contribution in [2.24, 2.45) is 0 Å². The standard InChI is InChI=1S/C12H13Cl2NO/c13-9-5-8-1-2-12(3-4-15-7-12)16-11(8)10(14)6-9/h5-6,15H,1-4,7H2. The average molecular weight is 258 g/mol. The molecule has 1 saturated heterocycles. The first-order valence-electron chi connectivity index (χ1n) is 5.56. The van der Waals surface area contributed by atoms with Gasteiger partial charge in [0, 0.05) is 18.0 Å². The van der Waals surface area contributed by atoms with E-state index in [9.17, 15) is 0 Å². The Labute approximate surface area is 105 Å². The van der Waals surface area contributed by atoms with Crippen LogP contribution in [0.2, 0.25) is 10.0 Å². The molecule has 0 bridgehead atoms. The SMILES string of the molecule is Clc1cc(Cl)c2c(c1)CCC1(CCNC1)O2. The van der Waals surface area contributed by atoms with Crippen LogP contribution >= 0.6 is 23.2 Å². The minimum absolute atomic E-state index is 0.0372. The average Bonchev–Trinajstić information content (AvgIpc) is 2.68. The molecule has 2 aliphatic rings. The number of halogens is 2. The molecule has 0 radical (unpaired) electrons. The first kappa shape index (κ1) is 10.7. The number of nitrogens with one attached hydrogen (secondary N) is 1. The number of ether oxygens (including phenoxy) is 1. The summed E-state index contributed by atoms with van der Waals surface area (Å²) >= 11 is 12.2. The molecule has 0 aromatic heterocycles. The highest BCUT2D eigenvalue weighted by atomic mass is 35.5. The van der Waals surface area contributed by atoms with E-state index in [0.29, 0.717) is 10.0 Å². The van der Waals surface area contributed by atoms with Gasteiger partial charge in [0.2, 0.25) is 0 Å². The molecule has 2 nitrogen and oxygen atoms in total. The first-order valence-corrected chi connectivity index (χ1v) is 6.32. The lowest BCUT2D eigenvalue weighted by Crippen LogP contribution is -2.41. The van der Waals surface area contributed by atoms with Crippen LogP contribution in [-0.2, 0) is 6.42 Å². The van der Waals surface area contributed by atoms with E-state index in [-0.39, 0.29) is 5.60 Å². The van der Waals surface area contributed by atoms with Gasteiger partial charge in [-0.2, -0.15) is 0 Å². The highest BCUT2D eigenvalue weighted by Gasteiger charge is 2.39. The fourth-order valence-corrected chi connectivity index (χ4v) is 3.14. The smallest absolute Gasteiger partial charge is 0.142 e. The Morgan fingerprint density at radius 2 is 2.12 bits per heavy atom. The molecule has 1 spiro atoms. The van der Waals surface area contributed by atoms with Crippen molar-refractivity contribution in [1.29, 1.82) is 0 Å². The summed E-state index contributed by atoms with van der Waals surface area (Å²) in [6.45, 7) is 1.95. The largest absolute Gasteiger partial charge is 0.484 e. The lowest BCUT2D eigenvalue weighted by Gasteiger charge is -2.35. The molecular weight excluding hydrogens is 245 g/mol. The Morgan fingerprint density at radius 1 is 1.25 bits per heavy atom. The fraction of sp³-hybridized carbons (Fsp3) is 0.500. The molecule has 2 aliphatic heterocycles. The predicted molar refractivity (Wildman–Crippen MR) is 65.6 cm³/mol. The second-order valence-electron chi connectivity index (χ2n) is 4.59. The van der Waals surface area contributed by atoms with Crippen molar-refractivity contribution >= 4 is 23.2 Å². The maximum atomic E-state index is 6.18. The summed E-state index contributed by atoms with van der Waals surface area (Å²) in [5, 5.41) is 4.67. The third-order valence-corrected chi connectivity index (χ3v) is 3.96. The van der Waals surface area contributed by atoms with E-state index in [1.54, 1.807) is 6.07 Å². The van der Waals surface area contributed by atoms with Crippen LogP contribution in [0.5, 0.6) is 5.75 Å². The summed E-state index contributed by atoms with van der Waals surface area (Å²) in [5.41, 5.74) is 1.10. The number of benzene rings is 1. The molecule has 1 atom stereocenters. The first-order chi connectivity index (χ1) is 7.69. The highest BCUT2D eigenvalue weighted by molar-refractivity contribution is 6.35. The Kier molecular flexibility index (Phi) is 2.54. The number of fused-ring (bicyclic) bond motifs is 1. The van der Waals surface area contributed by atoms with E-state index >= 15 is 0 Å². The molecule has 1 fully saturated rings. The molecule has 2 heterocycles. The van der Waals surface area contributed by atoms with Crippen molar-refractivity contribution in [2.75, 3.05) is 13.1 Å². The summed E-state index contributed by atoms with van der Waals surface area (Å²) in [4.78, 5) is 0. The zero-order chi connectivity index (χ0) is 11.2. The van der Waals surface area contributed by atoms with E-state index in [2.05, 4.69) is 5.32 Å². The van der Waals surface area contributed by atoms with Gasteiger partial charge in [-0.15, -0.1) is 0 Å². The number of aryl methyl sites for hydroxylation is 1. The molecule has 1 N–H and O–H groups in total. The predicted octanol–water partition coefficient (Wildman–Crippen LogP) is 3.05. The van der Waals surface area contributed by atoms with Crippen molar-refractivity contribution in [3.63, 3.8) is 0 Å². The van der Waals surface area contributed by atoms with Gasteiger partial charge in [0.15, 0.2) is 0 Å². The molecule has 1 aromatic carbocycles. The van der Waals surface area contributed by atoms with Crippen LogP contribution in [0.1, 0.15) is 18.4 Å². The summed E-state index contributed by atoms with van der Waals surface area (Å²) in [6.07, 6.45) is 3.10. The van der Waals surface area contributed by atoms with Crippen molar-refractivity contribution in [3.8, 4) is 5.75 Å². The van der Waals surface area contributed by atoms with E-state index in [0.717, 1.165) is 43.7 Å². The Bertz CT molecular complexity index is 427. The van der Waals surface area contributed by atoms with Crippen LogP contribution in [0.25, 0.3) is 0 Å². The van der Waals surface area contributed by atoms with Crippen molar-refractivity contribution in [3.05, 3.63) is 27.7 Å². The Balaban J connectivity index is 1.99. The van der Waals surface area contributed by atoms with Crippen LogP contribution in [0.15, 0.2) is 12.1 Å². The van der Waals surface area contributed by atoms with Gasteiger partial charge in [0.25, 0.3) is 0 Å². The van der Waals surface area contributed by atoms with Crippen molar-refractivity contribution in [2.45, 2.75) is 24.9 Å². The maximum Gasteiger partial charge on any atom is 0.142 e. The molecule has 1 aromatic rings. The Morgan fingerprint density at radius 3 is 2.88 bits per heavy atom. The van der Waals surface area contributed by atoms with E-state index in [4.69, 9.17) is 27.9 Å². The lowest BCUT2D eigenvalue weighted by atomic mass is 9.90. The van der Waals surface area contributed by atoms with Gasteiger partial charge < -0.3 is 10.1 Å². The van der Waals surface area contributed by atoms with E-state index in [1.807, 2.05) is 6.07 Å². The van der Waals surface area contributed by atoms with Crippen LogP contribution in [-0.4, -0.2) is 18.7 Å². The van der Waals surface area contributed by atoms with Gasteiger partial charge in [-0.3, -0.25) is 0 Å². The number of hydrogen-bond acceptors (Lipinski definition) is 2. The second kappa shape index (κ2) is 3.80. The van der Waals surface area contributed by atoms with Gasteiger partial charge in [-0.1, -0.05) is 23.2 Å². The molecule has 86 valence electrons. The summed E-state index contributed by atoms with van der Waals surface area (Å²) < 4.78 is 6.11. The summed E-state index contributed by atoms with van der Waals surface area (Å²) in [5.74, 6) is 0.834.